The van der Waals surface area contributed by atoms with Gasteiger partial charge in [0.2, 0.25) is 15.9 Å². The number of hydrogen-bond acceptors (Lipinski definition) is 3. The number of sulfonamides is 1. The Bertz CT molecular complexity index is 1050. The third-order valence-electron chi connectivity index (χ3n) is 6.66. The van der Waals surface area contributed by atoms with Gasteiger partial charge in [-0.25, -0.2) is 13.1 Å². The summed E-state index contributed by atoms with van der Waals surface area (Å²) in [7, 11) is -3.57. The molecule has 0 radical (unpaired) electrons. The van der Waals surface area contributed by atoms with E-state index in [4.69, 9.17) is 0 Å². The minimum absolute atomic E-state index is 0.156. The topological polar surface area (TPSA) is 66.5 Å². The number of carbonyl (C=O) groups is 1. The molecule has 1 aliphatic heterocycles. The molecule has 1 amide bonds. The molecule has 6 heteroatoms. The van der Waals surface area contributed by atoms with E-state index in [2.05, 4.69) is 4.72 Å². The average molecular weight is 455 g/mol. The number of carbonyl (C=O) groups excluding carboxylic acids is 1. The van der Waals surface area contributed by atoms with E-state index in [-0.39, 0.29) is 12.5 Å². The second kappa shape index (κ2) is 9.75. The molecule has 2 aliphatic rings. The van der Waals surface area contributed by atoms with Crippen LogP contribution in [0.3, 0.4) is 0 Å². The lowest BCUT2D eigenvalue weighted by atomic mass is 9.84. The van der Waals surface area contributed by atoms with Crippen LogP contribution in [0, 0.1) is 5.92 Å². The molecule has 172 valence electrons. The number of benzene rings is 2. The van der Waals surface area contributed by atoms with Gasteiger partial charge in [-0.3, -0.25) is 4.79 Å². The van der Waals surface area contributed by atoms with Gasteiger partial charge in [-0.1, -0.05) is 57.4 Å². The van der Waals surface area contributed by atoms with Crippen molar-refractivity contribution >= 4 is 21.6 Å². The van der Waals surface area contributed by atoms with Gasteiger partial charge in [0, 0.05) is 25.2 Å². The van der Waals surface area contributed by atoms with Crippen LogP contribution in [-0.2, 0) is 27.8 Å². The maximum absolute atomic E-state index is 12.8. The molecule has 0 saturated heterocycles. The van der Waals surface area contributed by atoms with Crippen molar-refractivity contribution in [2.45, 2.75) is 76.2 Å². The molecule has 2 aromatic rings. The van der Waals surface area contributed by atoms with Crippen LogP contribution in [0.2, 0.25) is 0 Å². The Morgan fingerprint density at radius 2 is 1.78 bits per heavy atom. The van der Waals surface area contributed by atoms with E-state index in [0.29, 0.717) is 29.7 Å². The zero-order valence-corrected chi connectivity index (χ0v) is 20.0. The lowest BCUT2D eigenvalue weighted by Gasteiger charge is -2.22. The van der Waals surface area contributed by atoms with E-state index >= 15 is 0 Å². The third-order valence-corrected chi connectivity index (χ3v) is 8.07. The van der Waals surface area contributed by atoms with Crippen LogP contribution >= 0.6 is 0 Å². The molecular weight excluding hydrogens is 420 g/mol. The van der Waals surface area contributed by atoms with E-state index < -0.39 is 10.0 Å². The van der Waals surface area contributed by atoms with Crippen molar-refractivity contribution in [2.75, 3.05) is 11.4 Å². The first-order valence-electron chi connectivity index (χ1n) is 11.9. The summed E-state index contributed by atoms with van der Waals surface area (Å²) in [5, 5.41) is 0. The fraction of sp³-hybridized carbons (Fsp3) is 0.500. The second-order valence-electron chi connectivity index (χ2n) is 9.58. The van der Waals surface area contributed by atoms with Gasteiger partial charge in [0.15, 0.2) is 0 Å². The first kappa shape index (κ1) is 23.0. The summed E-state index contributed by atoms with van der Waals surface area (Å²) in [6.07, 6.45) is 7.57. The number of amides is 1. The van der Waals surface area contributed by atoms with Gasteiger partial charge in [-0.05, 0) is 66.0 Å². The Morgan fingerprint density at radius 3 is 2.47 bits per heavy atom. The predicted octanol–water partition coefficient (Wildman–Crippen LogP) is 5.15. The Hall–Kier alpha value is -2.18. The summed E-state index contributed by atoms with van der Waals surface area (Å²) in [5.41, 5.74) is 4.22. The van der Waals surface area contributed by atoms with Gasteiger partial charge in [0.1, 0.15) is 0 Å². The van der Waals surface area contributed by atoms with Crippen LogP contribution in [-0.4, -0.2) is 20.9 Å². The Morgan fingerprint density at radius 1 is 1.06 bits per heavy atom. The lowest BCUT2D eigenvalue weighted by molar-refractivity contribution is -0.119. The van der Waals surface area contributed by atoms with Crippen molar-refractivity contribution in [3.8, 4) is 0 Å². The SMILES string of the molecule is CC(C)CC(=O)N1CCc2cc(CNS(=O)(=O)c3ccc(C4CCCCC4)cc3)ccc21. The van der Waals surface area contributed by atoms with Gasteiger partial charge in [-0.2, -0.15) is 0 Å². The quantitative estimate of drug-likeness (QED) is 0.629. The molecule has 0 bridgehead atoms. The average Bonchev–Trinajstić information content (AvgIpc) is 3.21. The number of fused-ring (bicyclic) bond motifs is 1. The lowest BCUT2D eigenvalue weighted by Crippen LogP contribution is -2.29. The van der Waals surface area contributed by atoms with Crippen LogP contribution in [0.1, 0.15) is 75.0 Å². The highest BCUT2D eigenvalue weighted by atomic mass is 32.2. The third kappa shape index (κ3) is 5.24. The molecule has 0 atom stereocenters. The van der Waals surface area contributed by atoms with Crippen molar-refractivity contribution in [3.05, 3.63) is 59.2 Å². The monoisotopic (exact) mass is 454 g/mol. The molecule has 32 heavy (non-hydrogen) atoms. The van der Waals surface area contributed by atoms with Crippen molar-refractivity contribution in [3.63, 3.8) is 0 Å². The maximum Gasteiger partial charge on any atom is 0.240 e. The van der Waals surface area contributed by atoms with Crippen LogP contribution in [0.5, 0.6) is 0 Å². The number of nitrogens with one attached hydrogen (secondary N) is 1. The summed E-state index contributed by atoms with van der Waals surface area (Å²) in [4.78, 5) is 14.6. The summed E-state index contributed by atoms with van der Waals surface area (Å²) >= 11 is 0. The first-order chi connectivity index (χ1) is 15.3. The van der Waals surface area contributed by atoms with Crippen molar-refractivity contribution in [2.24, 2.45) is 5.92 Å². The minimum atomic E-state index is -3.57. The number of nitrogens with zero attached hydrogens (tertiary/aromatic N) is 1. The fourth-order valence-electron chi connectivity index (χ4n) is 4.90. The summed E-state index contributed by atoms with van der Waals surface area (Å²) < 4.78 is 28.3. The molecule has 5 nitrogen and oxygen atoms in total. The van der Waals surface area contributed by atoms with E-state index in [0.717, 1.165) is 23.2 Å². The van der Waals surface area contributed by atoms with Crippen molar-refractivity contribution in [1.82, 2.24) is 4.72 Å². The highest BCUT2D eigenvalue weighted by molar-refractivity contribution is 7.89. The summed E-state index contributed by atoms with van der Waals surface area (Å²) in [6, 6.07) is 13.3. The number of anilines is 1. The zero-order valence-electron chi connectivity index (χ0n) is 19.1. The predicted molar refractivity (Wildman–Crippen MR) is 128 cm³/mol. The number of hydrogen-bond donors (Lipinski definition) is 1. The molecule has 1 aliphatic carbocycles. The molecular formula is C26H34N2O3S. The molecule has 0 aromatic heterocycles. The maximum atomic E-state index is 12.8. The summed E-state index contributed by atoms with van der Waals surface area (Å²) in [5.74, 6) is 1.05. The second-order valence-corrected chi connectivity index (χ2v) is 11.4. The minimum Gasteiger partial charge on any atom is -0.312 e. The number of rotatable bonds is 7. The first-order valence-corrected chi connectivity index (χ1v) is 13.3. The van der Waals surface area contributed by atoms with E-state index in [1.54, 1.807) is 12.1 Å². The molecule has 1 heterocycles. The molecule has 1 fully saturated rings. The van der Waals surface area contributed by atoms with Crippen LogP contribution in [0.25, 0.3) is 0 Å². The van der Waals surface area contributed by atoms with Crippen molar-refractivity contribution in [1.29, 1.82) is 0 Å². The van der Waals surface area contributed by atoms with Gasteiger partial charge in [-0.15, -0.1) is 0 Å². The largest absolute Gasteiger partial charge is 0.312 e. The fourth-order valence-corrected chi connectivity index (χ4v) is 5.92. The van der Waals surface area contributed by atoms with Crippen LogP contribution in [0.4, 0.5) is 5.69 Å². The Balaban J connectivity index is 1.39. The van der Waals surface area contributed by atoms with E-state index in [1.807, 2.05) is 49.1 Å². The van der Waals surface area contributed by atoms with Crippen LogP contribution in [0.15, 0.2) is 47.4 Å². The Labute approximate surface area is 192 Å². The normalized spacial score (nSPS) is 17.0. The highest BCUT2D eigenvalue weighted by Gasteiger charge is 2.25. The van der Waals surface area contributed by atoms with E-state index in [9.17, 15) is 13.2 Å². The summed E-state index contributed by atoms with van der Waals surface area (Å²) in [6.45, 7) is 5.03. The standard InChI is InChI=1S/C26H34N2O3S/c1-19(2)16-26(29)28-15-14-23-17-20(8-13-25(23)28)18-27-32(30,31)24-11-9-22(10-12-24)21-6-4-3-5-7-21/h8-13,17,19,21,27H,3-7,14-16,18H2,1-2H3. The van der Waals surface area contributed by atoms with E-state index in [1.165, 1.54) is 37.7 Å². The molecule has 1 N–H and O–H groups in total. The Kier molecular flexibility index (Phi) is 7.01. The van der Waals surface area contributed by atoms with Gasteiger partial charge >= 0.3 is 0 Å². The van der Waals surface area contributed by atoms with Gasteiger partial charge in [0.25, 0.3) is 0 Å². The van der Waals surface area contributed by atoms with Crippen LogP contribution < -0.4 is 9.62 Å². The highest BCUT2D eigenvalue weighted by Crippen LogP contribution is 2.33. The molecule has 0 unspecified atom stereocenters. The van der Waals surface area contributed by atoms with Gasteiger partial charge in [0.05, 0.1) is 4.90 Å². The van der Waals surface area contributed by atoms with Gasteiger partial charge < -0.3 is 4.90 Å². The smallest absolute Gasteiger partial charge is 0.240 e. The molecule has 4 rings (SSSR count). The zero-order chi connectivity index (χ0) is 22.7. The molecule has 0 spiro atoms. The molecule has 2 aromatic carbocycles. The molecule has 1 saturated carbocycles. The van der Waals surface area contributed by atoms with Crippen molar-refractivity contribution < 1.29 is 13.2 Å².